The molecule has 0 saturated carbocycles. The summed E-state index contributed by atoms with van der Waals surface area (Å²) in [5, 5.41) is 9.00. The second kappa shape index (κ2) is 5.30. The Morgan fingerprint density at radius 3 is 2.74 bits per heavy atom. The van der Waals surface area contributed by atoms with Crippen molar-refractivity contribution in [2.24, 2.45) is 0 Å². The van der Waals surface area contributed by atoms with Gasteiger partial charge in [0.2, 0.25) is 11.8 Å². The molecule has 1 N–H and O–H groups in total. The summed E-state index contributed by atoms with van der Waals surface area (Å²) in [4.78, 5) is 24.7. The van der Waals surface area contributed by atoms with E-state index >= 15 is 0 Å². The summed E-state index contributed by atoms with van der Waals surface area (Å²) in [6.45, 7) is 0. The van der Waals surface area contributed by atoms with E-state index in [1.165, 1.54) is 18.5 Å². The van der Waals surface area contributed by atoms with Gasteiger partial charge in [0.1, 0.15) is 0 Å². The summed E-state index contributed by atoms with van der Waals surface area (Å²) >= 11 is 0. The minimum absolute atomic E-state index is 0.137. The van der Waals surface area contributed by atoms with E-state index in [0.29, 0.717) is 5.95 Å². The van der Waals surface area contributed by atoms with Gasteiger partial charge in [0.05, 0.1) is 0 Å². The maximum absolute atomic E-state index is 11.0. The molecule has 2 aromatic rings. The Hall–Kier alpha value is -2.70. The van der Waals surface area contributed by atoms with Gasteiger partial charge in [-0.05, 0) is 12.1 Å². The molecule has 0 saturated heterocycles. The first-order valence-corrected chi connectivity index (χ1v) is 5.44. The van der Waals surface area contributed by atoms with Crippen molar-refractivity contribution in [3.05, 3.63) is 36.3 Å². The molecule has 0 aliphatic carbocycles. The summed E-state index contributed by atoms with van der Waals surface area (Å²) < 4.78 is 5.44. The first kappa shape index (κ1) is 12.7. The highest BCUT2D eigenvalue weighted by molar-refractivity contribution is 5.88. The third-order valence-corrected chi connectivity index (χ3v) is 2.21. The topological polar surface area (TPSA) is 88.4 Å². The van der Waals surface area contributed by atoms with Gasteiger partial charge in [-0.1, -0.05) is 0 Å². The molecule has 0 bridgehead atoms. The molecule has 0 radical (unpaired) electrons. The highest BCUT2D eigenvalue weighted by atomic mass is 16.5. The third-order valence-electron chi connectivity index (χ3n) is 2.21. The molecule has 98 valence electrons. The van der Waals surface area contributed by atoms with Crippen LogP contribution < -0.4 is 9.64 Å². The molecule has 0 atom stereocenters. The van der Waals surface area contributed by atoms with Crippen LogP contribution in [-0.2, 0) is 0 Å². The van der Waals surface area contributed by atoms with Gasteiger partial charge in [-0.25, -0.2) is 14.8 Å². The van der Waals surface area contributed by atoms with Crippen molar-refractivity contribution in [3.63, 3.8) is 0 Å². The van der Waals surface area contributed by atoms with Crippen molar-refractivity contribution in [1.82, 2.24) is 15.0 Å². The Kier molecular flexibility index (Phi) is 3.56. The zero-order chi connectivity index (χ0) is 13.8. The molecule has 2 aromatic heterocycles. The summed E-state index contributed by atoms with van der Waals surface area (Å²) in [6, 6.07) is 4.66. The van der Waals surface area contributed by atoms with Crippen LogP contribution in [0.5, 0.6) is 11.6 Å². The van der Waals surface area contributed by atoms with Crippen LogP contribution in [0.2, 0.25) is 0 Å². The lowest BCUT2D eigenvalue weighted by Crippen LogP contribution is -2.12. The fraction of sp³-hybridized carbons (Fsp3) is 0.167. The lowest BCUT2D eigenvalue weighted by molar-refractivity contribution is 0.0687. The van der Waals surface area contributed by atoms with Crippen molar-refractivity contribution in [2.45, 2.75) is 0 Å². The van der Waals surface area contributed by atoms with E-state index in [0.717, 1.165) is 0 Å². The molecule has 0 spiro atoms. The average Bonchev–Trinajstić information content (AvgIpc) is 2.39. The van der Waals surface area contributed by atoms with Crippen LogP contribution in [0, 0.1) is 0 Å². The second-order valence-electron chi connectivity index (χ2n) is 3.85. The molecular formula is C12H12N4O3. The van der Waals surface area contributed by atoms with E-state index in [9.17, 15) is 4.79 Å². The maximum atomic E-state index is 11.0. The third kappa shape index (κ3) is 2.95. The fourth-order valence-electron chi connectivity index (χ4n) is 1.35. The van der Waals surface area contributed by atoms with E-state index < -0.39 is 5.97 Å². The number of ether oxygens (including phenoxy) is 1. The van der Waals surface area contributed by atoms with E-state index in [-0.39, 0.29) is 17.3 Å². The van der Waals surface area contributed by atoms with Crippen LogP contribution >= 0.6 is 0 Å². The van der Waals surface area contributed by atoms with Gasteiger partial charge in [-0.2, -0.15) is 4.98 Å². The Morgan fingerprint density at radius 2 is 2.05 bits per heavy atom. The van der Waals surface area contributed by atoms with Gasteiger partial charge < -0.3 is 14.7 Å². The highest BCUT2D eigenvalue weighted by Gasteiger charge is 2.13. The number of carboxylic acid groups (broad SMARTS) is 1. The van der Waals surface area contributed by atoms with Crippen LogP contribution in [0.1, 0.15) is 10.5 Å². The minimum atomic E-state index is -1.16. The predicted octanol–water partition coefficient (Wildman–Crippen LogP) is 1.43. The van der Waals surface area contributed by atoms with Crippen molar-refractivity contribution in [3.8, 4) is 11.6 Å². The van der Waals surface area contributed by atoms with Crippen molar-refractivity contribution >= 4 is 11.9 Å². The number of nitrogens with zero attached hydrogens (tertiary/aromatic N) is 4. The maximum Gasteiger partial charge on any atom is 0.358 e. The zero-order valence-electron chi connectivity index (χ0n) is 10.4. The lowest BCUT2D eigenvalue weighted by atomic mass is 10.3. The Morgan fingerprint density at radius 1 is 1.26 bits per heavy atom. The number of anilines is 1. The van der Waals surface area contributed by atoms with E-state index in [4.69, 9.17) is 9.84 Å². The SMILES string of the molecule is CN(C)c1nccc(Oc2cccnc2C(=O)O)n1. The van der Waals surface area contributed by atoms with Crippen LogP contribution in [-0.4, -0.2) is 40.1 Å². The van der Waals surface area contributed by atoms with Gasteiger partial charge in [-0.3, -0.25) is 0 Å². The fourth-order valence-corrected chi connectivity index (χ4v) is 1.35. The van der Waals surface area contributed by atoms with Gasteiger partial charge in [0, 0.05) is 32.6 Å². The number of hydrogen-bond donors (Lipinski definition) is 1. The molecule has 0 amide bonds. The van der Waals surface area contributed by atoms with E-state index in [2.05, 4.69) is 15.0 Å². The highest BCUT2D eigenvalue weighted by Crippen LogP contribution is 2.22. The van der Waals surface area contributed by atoms with Gasteiger partial charge in [-0.15, -0.1) is 0 Å². The first-order chi connectivity index (χ1) is 9.08. The predicted molar refractivity (Wildman–Crippen MR) is 67.6 cm³/mol. The molecule has 19 heavy (non-hydrogen) atoms. The average molecular weight is 260 g/mol. The summed E-state index contributed by atoms with van der Waals surface area (Å²) in [6.07, 6.45) is 2.93. The van der Waals surface area contributed by atoms with Crippen LogP contribution in [0.3, 0.4) is 0 Å². The molecule has 0 aliphatic heterocycles. The Bertz CT molecular complexity index is 601. The molecule has 0 fully saturated rings. The number of carboxylic acids is 1. The normalized spacial score (nSPS) is 10.0. The number of rotatable bonds is 4. The minimum Gasteiger partial charge on any atom is -0.476 e. The quantitative estimate of drug-likeness (QED) is 0.889. The van der Waals surface area contributed by atoms with Crippen LogP contribution in [0.15, 0.2) is 30.6 Å². The molecule has 2 heterocycles. The zero-order valence-corrected chi connectivity index (χ0v) is 10.4. The number of carbonyl (C=O) groups is 1. The Balaban J connectivity index is 2.31. The van der Waals surface area contributed by atoms with Crippen molar-refractivity contribution < 1.29 is 14.6 Å². The van der Waals surface area contributed by atoms with E-state index in [1.54, 1.807) is 31.1 Å². The molecule has 7 nitrogen and oxygen atoms in total. The van der Waals surface area contributed by atoms with Crippen LogP contribution in [0.25, 0.3) is 0 Å². The summed E-state index contributed by atoms with van der Waals surface area (Å²) in [5.74, 6) is -0.289. The number of aromatic carboxylic acids is 1. The van der Waals surface area contributed by atoms with Crippen LogP contribution in [0.4, 0.5) is 5.95 Å². The second-order valence-corrected chi connectivity index (χ2v) is 3.85. The Labute approximate surface area is 109 Å². The molecule has 2 rings (SSSR count). The van der Waals surface area contributed by atoms with E-state index in [1.807, 2.05) is 0 Å². The standard InChI is InChI=1S/C12H12N4O3/c1-16(2)12-14-7-5-9(15-12)19-8-4-3-6-13-10(8)11(17)18/h3-7H,1-2H3,(H,17,18). The molecular weight excluding hydrogens is 248 g/mol. The lowest BCUT2D eigenvalue weighted by Gasteiger charge is -2.11. The largest absolute Gasteiger partial charge is 0.476 e. The molecule has 0 aromatic carbocycles. The van der Waals surface area contributed by atoms with Crippen molar-refractivity contribution in [1.29, 1.82) is 0 Å². The van der Waals surface area contributed by atoms with Gasteiger partial charge in [0.25, 0.3) is 0 Å². The number of pyridine rings is 1. The summed E-state index contributed by atoms with van der Waals surface area (Å²) in [5.41, 5.74) is -0.160. The molecule has 0 aliphatic rings. The van der Waals surface area contributed by atoms with Crippen molar-refractivity contribution in [2.75, 3.05) is 19.0 Å². The molecule has 0 unspecified atom stereocenters. The number of hydrogen-bond acceptors (Lipinski definition) is 6. The molecule has 7 heteroatoms. The number of aromatic nitrogens is 3. The monoisotopic (exact) mass is 260 g/mol. The smallest absolute Gasteiger partial charge is 0.358 e. The first-order valence-electron chi connectivity index (χ1n) is 5.44. The summed E-state index contributed by atoms with van der Waals surface area (Å²) in [7, 11) is 3.59. The van der Waals surface area contributed by atoms with Gasteiger partial charge >= 0.3 is 5.97 Å². The van der Waals surface area contributed by atoms with Gasteiger partial charge in [0.15, 0.2) is 11.4 Å².